The molecule has 2 aromatic rings. The first-order chi connectivity index (χ1) is 10.5. The van der Waals surface area contributed by atoms with Gasteiger partial charge in [-0.15, -0.1) is 0 Å². The number of carbonyl (C=O) groups excluding carboxylic acids is 1. The Labute approximate surface area is 140 Å². The Hall–Kier alpha value is -1.71. The second-order valence-electron chi connectivity index (χ2n) is 5.29. The van der Waals surface area contributed by atoms with E-state index in [-0.39, 0.29) is 5.91 Å². The molecule has 0 spiro atoms. The van der Waals surface area contributed by atoms with Crippen LogP contribution in [0.5, 0.6) is 5.75 Å². The number of halogens is 2. The van der Waals surface area contributed by atoms with Crippen molar-refractivity contribution in [1.82, 2.24) is 0 Å². The lowest BCUT2D eigenvalue weighted by Crippen LogP contribution is -2.12. The molecule has 0 fully saturated rings. The summed E-state index contributed by atoms with van der Waals surface area (Å²) in [5, 5.41) is 3.47. The number of anilines is 1. The third-order valence-electron chi connectivity index (χ3n) is 2.88. The lowest BCUT2D eigenvalue weighted by molar-refractivity contribution is 0.102. The topological polar surface area (TPSA) is 38.3 Å². The number of hydrogen-bond donors (Lipinski definition) is 1. The van der Waals surface area contributed by atoms with E-state index in [1.165, 1.54) is 0 Å². The molecular formula is C17H17Cl2NO2. The maximum atomic E-state index is 12.3. The molecule has 0 heterocycles. The van der Waals surface area contributed by atoms with Crippen molar-refractivity contribution in [3.63, 3.8) is 0 Å². The Balaban J connectivity index is 2.12. The highest BCUT2D eigenvalue weighted by Crippen LogP contribution is 2.30. The molecule has 0 aromatic heterocycles. The highest BCUT2D eigenvalue weighted by atomic mass is 35.5. The van der Waals surface area contributed by atoms with Crippen molar-refractivity contribution in [1.29, 1.82) is 0 Å². The standard InChI is InChI=1S/C17H17Cl2NO2/c1-11(2)10-22-13-6-3-5-12(9-13)17(21)20-15-8-4-7-14(18)16(15)19/h3-9,11H,10H2,1-2H3,(H,20,21). The zero-order valence-corrected chi connectivity index (χ0v) is 13.9. The van der Waals surface area contributed by atoms with E-state index in [1.54, 1.807) is 36.4 Å². The van der Waals surface area contributed by atoms with Crippen LogP contribution in [0.4, 0.5) is 5.69 Å². The van der Waals surface area contributed by atoms with Crippen molar-refractivity contribution < 1.29 is 9.53 Å². The van der Waals surface area contributed by atoms with Gasteiger partial charge in [-0.1, -0.05) is 49.2 Å². The van der Waals surface area contributed by atoms with Gasteiger partial charge in [0.2, 0.25) is 0 Å². The molecule has 0 aliphatic rings. The van der Waals surface area contributed by atoms with Crippen molar-refractivity contribution in [2.45, 2.75) is 13.8 Å². The average molecular weight is 338 g/mol. The fourth-order valence-corrected chi connectivity index (χ4v) is 2.13. The van der Waals surface area contributed by atoms with Gasteiger partial charge in [-0.3, -0.25) is 4.79 Å². The summed E-state index contributed by atoms with van der Waals surface area (Å²) in [5.74, 6) is 0.820. The van der Waals surface area contributed by atoms with Gasteiger partial charge in [0.25, 0.3) is 5.91 Å². The van der Waals surface area contributed by atoms with Gasteiger partial charge in [0, 0.05) is 5.56 Å². The van der Waals surface area contributed by atoms with E-state index in [1.807, 2.05) is 6.07 Å². The Bertz CT molecular complexity index is 671. The van der Waals surface area contributed by atoms with Crippen LogP contribution in [0.2, 0.25) is 10.0 Å². The molecule has 0 bridgehead atoms. The van der Waals surface area contributed by atoms with Gasteiger partial charge < -0.3 is 10.1 Å². The molecule has 0 atom stereocenters. The maximum absolute atomic E-state index is 12.3. The van der Waals surface area contributed by atoms with E-state index in [0.717, 1.165) is 0 Å². The predicted octanol–water partition coefficient (Wildman–Crippen LogP) is 5.28. The van der Waals surface area contributed by atoms with E-state index in [4.69, 9.17) is 27.9 Å². The minimum absolute atomic E-state index is 0.265. The fourth-order valence-electron chi connectivity index (χ4n) is 1.78. The molecule has 2 aromatic carbocycles. The van der Waals surface area contributed by atoms with Crippen molar-refractivity contribution >= 4 is 34.8 Å². The first kappa shape index (κ1) is 16.7. The molecule has 0 saturated carbocycles. The van der Waals surface area contributed by atoms with Crippen LogP contribution in [-0.2, 0) is 0 Å². The summed E-state index contributed by atoms with van der Waals surface area (Å²) in [6.07, 6.45) is 0. The number of rotatable bonds is 5. The second-order valence-corrected chi connectivity index (χ2v) is 6.07. The van der Waals surface area contributed by atoms with Crippen LogP contribution in [0.25, 0.3) is 0 Å². The third kappa shape index (κ3) is 4.39. The van der Waals surface area contributed by atoms with Crippen LogP contribution >= 0.6 is 23.2 Å². The molecule has 1 N–H and O–H groups in total. The predicted molar refractivity (Wildman–Crippen MR) is 91.2 cm³/mol. The zero-order valence-electron chi connectivity index (χ0n) is 12.4. The minimum Gasteiger partial charge on any atom is -0.493 e. The number of amides is 1. The number of carbonyl (C=O) groups is 1. The van der Waals surface area contributed by atoms with Gasteiger partial charge in [0.05, 0.1) is 22.3 Å². The molecular weight excluding hydrogens is 321 g/mol. The quantitative estimate of drug-likeness (QED) is 0.805. The van der Waals surface area contributed by atoms with Crippen LogP contribution < -0.4 is 10.1 Å². The van der Waals surface area contributed by atoms with Gasteiger partial charge in [-0.25, -0.2) is 0 Å². The summed E-state index contributed by atoms with van der Waals surface area (Å²) in [5.41, 5.74) is 0.977. The molecule has 3 nitrogen and oxygen atoms in total. The van der Waals surface area contributed by atoms with E-state index in [0.29, 0.717) is 39.6 Å². The third-order valence-corrected chi connectivity index (χ3v) is 3.70. The van der Waals surface area contributed by atoms with Crippen LogP contribution in [0.15, 0.2) is 42.5 Å². The second kappa shape index (κ2) is 7.52. The van der Waals surface area contributed by atoms with Crippen LogP contribution in [0, 0.1) is 5.92 Å². The number of ether oxygens (including phenoxy) is 1. The Kier molecular flexibility index (Phi) is 5.69. The maximum Gasteiger partial charge on any atom is 0.255 e. The van der Waals surface area contributed by atoms with Gasteiger partial charge in [0.15, 0.2) is 0 Å². The molecule has 2 rings (SSSR count). The molecule has 116 valence electrons. The van der Waals surface area contributed by atoms with Crippen LogP contribution in [-0.4, -0.2) is 12.5 Å². The minimum atomic E-state index is -0.265. The summed E-state index contributed by atoms with van der Waals surface area (Å²) in [7, 11) is 0. The molecule has 1 amide bonds. The molecule has 5 heteroatoms. The normalized spacial score (nSPS) is 10.6. The van der Waals surface area contributed by atoms with Crippen LogP contribution in [0.3, 0.4) is 0 Å². The first-order valence-corrected chi connectivity index (χ1v) is 7.71. The van der Waals surface area contributed by atoms with Crippen molar-refractivity contribution in [2.75, 3.05) is 11.9 Å². The molecule has 0 aliphatic carbocycles. The summed E-state index contributed by atoms with van der Waals surface area (Å²) < 4.78 is 5.62. The summed E-state index contributed by atoms with van der Waals surface area (Å²) in [6, 6.07) is 12.1. The Morgan fingerprint density at radius 2 is 1.91 bits per heavy atom. The monoisotopic (exact) mass is 337 g/mol. The Morgan fingerprint density at radius 3 is 2.64 bits per heavy atom. The molecule has 0 saturated heterocycles. The molecule has 0 unspecified atom stereocenters. The molecule has 0 radical (unpaired) electrons. The van der Waals surface area contributed by atoms with E-state index in [2.05, 4.69) is 19.2 Å². The highest BCUT2D eigenvalue weighted by molar-refractivity contribution is 6.44. The van der Waals surface area contributed by atoms with Crippen molar-refractivity contribution in [3.8, 4) is 5.75 Å². The zero-order chi connectivity index (χ0) is 16.1. The average Bonchev–Trinajstić information content (AvgIpc) is 2.50. The van der Waals surface area contributed by atoms with Crippen molar-refractivity contribution in [3.05, 3.63) is 58.1 Å². The lowest BCUT2D eigenvalue weighted by atomic mass is 10.2. The van der Waals surface area contributed by atoms with E-state index < -0.39 is 0 Å². The lowest BCUT2D eigenvalue weighted by Gasteiger charge is -2.11. The SMILES string of the molecule is CC(C)COc1cccc(C(=O)Nc2cccc(Cl)c2Cl)c1. The van der Waals surface area contributed by atoms with E-state index >= 15 is 0 Å². The summed E-state index contributed by atoms with van der Waals surface area (Å²) in [6.45, 7) is 4.74. The van der Waals surface area contributed by atoms with Crippen LogP contribution in [0.1, 0.15) is 24.2 Å². The smallest absolute Gasteiger partial charge is 0.255 e. The van der Waals surface area contributed by atoms with Gasteiger partial charge in [0.1, 0.15) is 5.75 Å². The number of benzene rings is 2. The van der Waals surface area contributed by atoms with Crippen molar-refractivity contribution in [2.24, 2.45) is 5.92 Å². The molecule has 0 aliphatic heterocycles. The summed E-state index contributed by atoms with van der Waals surface area (Å²) in [4.78, 5) is 12.3. The van der Waals surface area contributed by atoms with Gasteiger partial charge in [-0.05, 0) is 36.2 Å². The first-order valence-electron chi connectivity index (χ1n) is 6.95. The van der Waals surface area contributed by atoms with Gasteiger partial charge in [-0.2, -0.15) is 0 Å². The fraction of sp³-hybridized carbons (Fsp3) is 0.235. The largest absolute Gasteiger partial charge is 0.493 e. The summed E-state index contributed by atoms with van der Waals surface area (Å²) >= 11 is 12.0. The number of nitrogens with one attached hydrogen (secondary N) is 1. The highest BCUT2D eigenvalue weighted by Gasteiger charge is 2.11. The molecule has 22 heavy (non-hydrogen) atoms. The van der Waals surface area contributed by atoms with E-state index in [9.17, 15) is 4.79 Å². The van der Waals surface area contributed by atoms with Gasteiger partial charge >= 0.3 is 0 Å². The number of hydrogen-bond acceptors (Lipinski definition) is 2. The Morgan fingerprint density at radius 1 is 1.18 bits per heavy atom.